The van der Waals surface area contributed by atoms with Crippen molar-refractivity contribution in [3.8, 4) is 5.88 Å². The zero-order valence-corrected chi connectivity index (χ0v) is 7.97. The number of hydrogen-bond acceptors (Lipinski definition) is 5. The van der Waals surface area contributed by atoms with Crippen LogP contribution in [0.5, 0.6) is 5.88 Å². The molecule has 0 spiro atoms. The largest absolute Gasteiger partial charge is 0.479 e. The number of carbonyl (C=O) groups is 1. The summed E-state index contributed by atoms with van der Waals surface area (Å²) in [5, 5.41) is 15.8. The van der Waals surface area contributed by atoms with Crippen LogP contribution in [-0.2, 0) is 4.79 Å². The van der Waals surface area contributed by atoms with E-state index in [4.69, 9.17) is 9.84 Å². The molecule has 1 rings (SSSR count). The van der Waals surface area contributed by atoms with Gasteiger partial charge in [-0.1, -0.05) is 0 Å². The average molecular weight is 197 g/mol. The molecule has 0 radical (unpaired) electrons. The van der Waals surface area contributed by atoms with Gasteiger partial charge in [0.1, 0.15) is 0 Å². The Balaban J connectivity index is 2.59. The topological polar surface area (TPSA) is 75.5 Å². The number of nitrogens with zero attached hydrogens (tertiary/aromatic N) is 3. The van der Waals surface area contributed by atoms with E-state index in [1.807, 2.05) is 14.1 Å². The third kappa shape index (κ3) is 2.89. The number of rotatable bonds is 4. The number of aliphatic carboxylic acids is 1. The lowest BCUT2D eigenvalue weighted by molar-refractivity contribution is -0.139. The van der Waals surface area contributed by atoms with Crippen molar-refractivity contribution < 1.29 is 14.6 Å². The number of anilines is 1. The minimum atomic E-state index is -1.04. The smallest absolute Gasteiger partial charge is 0.341 e. The highest BCUT2D eigenvalue weighted by Gasteiger charge is 2.02. The Morgan fingerprint density at radius 1 is 1.50 bits per heavy atom. The molecule has 0 bridgehead atoms. The summed E-state index contributed by atoms with van der Waals surface area (Å²) in [6.07, 6.45) is 0. The summed E-state index contributed by atoms with van der Waals surface area (Å²) >= 11 is 0. The number of hydrogen-bond donors (Lipinski definition) is 1. The standard InChI is InChI=1S/C8H11N3O3/c1-11(2)6-3-4-7(10-9-6)14-5-8(12)13/h3-4H,5H2,1-2H3,(H,12,13). The highest BCUT2D eigenvalue weighted by atomic mass is 16.5. The zero-order chi connectivity index (χ0) is 10.6. The number of carboxylic acids is 1. The van der Waals surface area contributed by atoms with E-state index in [-0.39, 0.29) is 5.88 Å². The quantitative estimate of drug-likeness (QED) is 0.732. The molecular weight excluding hydrogens is 186 g/mol. The van der Waals surface area contributed by atoms with Crippen LogP contribution < -0.4 is 9.64 Å². The van der Waals surface area contributed by atoms with Gasteiger partial charge >= 0.3 is 5.97 Å². The lowest BCUT2D eigenvalue weighted by atomic mass is 10.5. The van der Waals surface area contributed by atoms with Crippen LogP contribution in [0.3, 0.4) is 0 Å². The van der Waals surface area contributed by atoms with E-state index in [0.717, 1.165) is 0 Å². The van der Waals surface area contributed by atoms with Gasteiger partial charge in [-0.25, -0.2) is 4.79 Å². The molecule has 0 unspecified atom stereocenters. The Bertz CT molecular complexity index is 310. The van der Waals surface area contributed by atoms with Crippen molar-refractivity contribution in [2.45, 2.75) is 0 Å². The van der Waals surface area contributed by atoms with Crippen LogP contribution >= 0.6 is 0 Å². The predicted octanol–water partition coefficient (Wildman–Crippen LogP) is 0.00600. The average Bonchev–Trinajstić information content (AvgIpc) is 2.15. The van der Waals surface area contributed by atoms with Crippen LogP contribution in [0.4, 0.5) is 5.82 Å². The molecule has 14 heavy (non-hydrogen) atoms. The van der Waals surface area contributed by atoms with Crippen molar-refractivity contribution >= 4 is 11.8 Å². The van der Waals surface area contributed by atoms with Crippen LogP contribution in [0.15, 0.2) is 12.1 Å². The van der Waals surface area contributed by atoms with Crippen LogP contribution in [-0.4, -0.2) is 42.0 Å². The Hall–Kier alpha value is -1.85. The lowest BCUT2D eigenvalue weighted by Gasteiger charge is -2.09. The van der Waals surface area contributed by atoms with Gasteiger partial charge in [0.2, 0.25) is 5.88 Å². The predicted molar refractivity (Wildman–Crippen MR) is 49.5 cm³/mol. The van der Waals surface area contributed by atoms with Gasteiger partial charge < -0.3 is 14.7 Å². The maximum Gasteiger partial charge on any atom is 0.341 e. The summed E-state index contributed by atoms with van der Waals surface area (Å²) in [4.78, 5) is 12.0. The van der Waals surface area contributed by atoms with Gasteiger partial charge in [0.25, 0.3) is 0 Å². The number of aromatic nitrogens is 2. The first-order valence-corrected chi connectivity index (χ1v) is 3.95. The van der Waals surface area contributed by atoms with E-state index in [2.05, 4.69) is 10.2 Å². The summed E-state index contributed by atoms with van der Waals surface area (Å²) in [6, 6.07) is 3.27. The molecule has 1 N–H and O–H groups in total. The summed E-state index contributed by atoms with van der Waals surface area (Å²) in [6.45, 7) is -0.407. The SMILES string of the molecule is CN(C)c1ccc(OCC(=O)O)nn1. The van der Waals surface area contributed by atoms with Gasteiger partial charge in [-0.3, -0.25) is 0 Å². The molecule has 0 atom stereocenters. The van der Waals surface area contributed by atoms with Crippen molar-refractivity contribution in [2.24, 2.45) is 0 Å². The molecule has 1 aromatic heterocycles. The summed E-state index contributed by atoms with van der Waals surface area (Å²) < 4.78 is 4.81. The molecule has 76 valence electrons. The van der Waals surface area contributed by atoms with E-state index in [9.17, 15) is 4.79 Å². The summed E-state index contributed by atoms with van der Waals surface area (Å²) in [5.74, 6) is -0.144. The van der Waals surface area contributed by atoms with Gasteiger partial charge in [-0.15, -0.1) is 10.2 Å². The molecule has 0 aliphatic carbocycles. The van der Waals surface area contributed by atoms with E-state index < -0.39 is 12.6 Å². The van der Waals surface area contributed by atoms with Gasteiger partial charge in [0, 0.05) is 20.2 Å². The van der Waals surface area contributed by atoms with E-state index in [0.29, 0.717) is 5.82 Å². The van der Waals surface area contributed by atoms with E-state index >= 15 is 0 Å². The van der Waals surface area contributed by atoms with E-state index in [1.165, 1.54) is 0 Å². The lowest BCUT2D eigenvalue weighted by Crippen LogP contribution is -2.13. The first-order chi connectivity index (χ1) is 6.59. The Morgan fingerprint density at radius 3 is 2.64 bits per heavy atom. The maximum absolute atomic E-state index is 10.2. The first kappa shape index (κ1) is 10.2. The first-order valence-electron chi connectivity index (χ1n) is 3.95. The molecule has 1 heterocycles. The minimum absolute atomic E-state index is 0.206. The Morgan fingerprint density at radius 2 is 2.21 bits per heavy atom. The van der Waals surface area contributed by atoms with Crippen molar-refractivity contribution in [3.05, 3.63) is 12.1 Å². The Kier molecular flexibility index (Phi) is 3.22. The number of ether oxygens (including phenoxy) is 1. The van der Waals surface area contributed by atoms with Gasteiger partial charge in [-0.2, -0.15) is 0 Å². The molecule has 0 aromatic carbocycles. The van der Waals surface area contributed by atoms with Crippen LogP contribution in [0, 0.1) is 0 Å². The third-order valence-corrected chi connectivity index (χ3v) is 1.43. The van der Waals surface area contributed by atoms with Gasteiger partial charge in [-0.05, 0) is 6.07 Å². The third-order valence-electron chi connectivity index (χ3n) is 1.43. The molecule has 1 aromatic rings. The summed E-state index contributed by atoms with van der Waals surface area (Å²) in [7, 11) is 3.67. The summed E-state index contributed by atoms with van der Waals surface area (Å²) in [5.41, 5.74) is 0. The fourth-order valence-electron chi connectivity index (χ4n) is 0.764. The molecule has 0 fully saturated rings. The highest BCUT2D eigenvalue weighted by molar-refractivity contribution is 5.68. The normalized spacial score (nSPS) is 9.57. The molecule has 6 nitrogen and oxygen atoms in total. The fourth-order valence-corrected chi connectivity index (χ4v) is 0.764. The Labute approximate surface area is 81.1 Å². The molecule has 0 aliphatic heterocycles. The molecular formula is C8H11N3O3. The van der Waals surface area contributed by atoms with Crippen molar-refractivity contribution in [3.63, 3.8) is 0 Å². The van der Waals surface area contributed by atoms with Crippen LogP contribution in [0.2, 0.25) is 0 Å². The van der Waals surface area contributed by atoms with Crippen molar-refractivity contribution in [2.75, 3.05) is 25.6 Å². The van der Waals surface area contributed by atoms with Crippen LogP contribution in [0.1, 0.15) is 0 Å². The maximum atomic E-state index is 10.2. The molecule has 0 saturated carbocycles. The minimum Gasteiger partial charge on any atom is -0.479 e. The second-order valence-corrected chi connectivity index (χ2v) is 2.81. The van der Waals surface area contributed by atoms with Crippen molar-refractivity contribution in [1.82, 2.24) is 10.2 Å². The van der Waals surface area contributed by atoms with Gasteiger partial charge in [0.05, 0.1) is 0 Å². The van der Waals surface area contributed by atoms with Crippen LogP contribution in [0.25, 0.3) is 0 Å². The molecule has 6 heteroatoms. The number of carboxylic acid groups (broad SMARTS) is 1. The zero-order valence-electron chi connectivity index (χ0n) is 7.97. The second kappa shape index (κ2) is 4.40. The fraction of sp³-hybridized carbons (Fsp3) is 0.375. The van der Waals surface area contributed by atoms with Crippen molar-refractivity contribution in [1.29, 1.82) is 0 Å². The second-order valence-electron chi connectivity index (χ2n) is 2.81. The molecule has 0 amide bonds. The van der Waals surface area contributed by atoms with E-state index in [1.54, 1.807) is 17.0 Å². The highest BCUT2D eigenvalue weighted by Crippen LogP contribution is 2.09. The molecule has 0 aliphatic rings. The van der Waals surface area contributed by atoms with Gasteiger partial charge in [0.15, 0.2) is 12.4 Å². The monoisotopic (exact) mass is 197 g/mol. The molecule has 0 saturated heterocycles.